The summed E-state index contributed by atoms with van der Waals surface area (Å²) >= 11 is 5.82. The van der Waals surface area contributed by atoms with Gasteiger partial charge < -0.3 is 4.90 Å². The first-order chi connectivity index (χ1) is 8.41. The average molecular weight is 274 g/mol. The van der Waals surface area contributed by atoms with Crippen molar-refractivity contribution in [2.45, 2.75) is 38.8 Å². The topological polar surface area (TPSA) is 20.3 Å². The maximum absolute atomic E-state index is 13.2. The average Bonchev–Trinajstić information content (AvgIpc) is 3.07. The van der Waals surface area contributed by atoms with Gasteiger partial charge in [0.1, 0.15) is 0 Å². The minimum Gasteiger partial charge on any atom is -0.333 e. The Balaban J connectivity index is 2.35. The number of halogens is 3. The number of amides is 1. The van der Waals surface area contributed by atoms with Crippen LogP contribution in [0.4, 0.5) is 8.78 Å². The predicted octanol–water partition coefficient (Wildman–Crippen LogP) is 3.63. The molecular weight excluding hydrogens is 260 g/mol. The summed E-state index contributed by atoms with van der Waals surface area (Å²) in [5.74, 6) is -2.43. The van der Waals surface area contributed by atoms with E-state index >= 15 is 0 Å². The number of carbonyl (C=O) groups is 1. The van der Waals surface area contributed by atoms with Crippen molar-refractivity contribution < 1.29 is 13.6 Å². The second-order valence-electron chi connectivity index (χ2n) is 4.78. The van der Waals surface area contributed by atoms with E-state index < -0.39 is 11.6 Å². The molecule has 5 heteroatoms. The predicted molar refractivity (Wildman–Crippen MR) is 65.7 cm³/mol. The summed E-state index contributed by atoms with van der Waals surface area (Å²) in [5, 5.41) is -0.0507. The Morgan fingerprint density at radius 3 is 2.39 bits per heavy atom. The zero-order valence-electron chi connectivity index (χ0n) is 10.2. The van der Waals surface area contributed by atoms with Crippen molar-refractivity contribution in [1.82, 2.24) is 4.90 Å². The van der Waals surface area contributed by atoms with Crippen molar-refractivity contribution in [2.75, 3.05) is 0 Å². The molecular formula is C13H14ClF2NO. The van der Waals surface area contributed by atoms with Crippen LogP contribution < -0.4 is 0 Å². The number of rotatable bonds is 3. The van der Waals surface area contributed by atoms with Gasteiger partial charge in [-0.05, 0) is 38.8 Å². The lowest BCUT2D eigenvalue weighted by Gasteiger charge is -2.27. The summed E-state index contributed by atoms with van der Waals surface area (Å²) in [6.07, 6.45) is 1.90. The van der Waals surface area contributed by atoms with Crippen LogP contribution in [0.25, 0.3) is 0 Å². The number of hydrogen-bond acceptors (Lipinski definition) is 1. The summed E-state index contributed by atoms with van der Waals surface area (Å²) in [6, 6.07) is 1.92. The van der Waals surface area contributed by atoms with Crippen molar-refractivity contribution in [2.24, 2.45) is 0 Å². The molecule has 1 aliphatic carbocycles. The summed E-state index contributed by atoms with van der Waals surface area (Å²) in [6.45, 7) is 3.79. The Labute approximate surface area is 110 Å². The fourth-order valence-corrected chi connectivity index (χ4v) is 2.23. The molecule has 0 radical (unpaired) electrons. The molecule has 1 saturated carbocycles. The van der Waals surface area contributed by atoms with Gasteiger partial charge in [0, 0.05) is 12.1 Å². The molecule has 2 nitrogen and oxygen atoms in total. The third-order valence-corrected chi connectivity index (χ3v) is 3.28. The van der Waals surface area contributed by atoms with Gasteiger partial charge in [0.25, 0.3) is 5.91 Å². The van der Waals surface area contributed by atoms with Crippen LogP contribution >= 0.6 is 11.6 Å². The molecule has 0 N–H and O–H groups in total. The van der Waals surface area contributed by atoms with E-state index in [1.807, 2.05) is 13.8 Å². The van der Waals surface area contributed by atoms with Gasteiger partial charge in [-0.1, -0.05) is 11.6 Å². The second kappa shape index (κ2) is 4.84. The van der Waals surface area contributed by atoms with Crippen LogP contribution in [0, 0.1) is 11.6 Å². The zero-order chi connectivity index (χ0) is 13.4. The second-order valence-corrected chi connectivity index (χ2v) is 5.19. The largest absolute Gasteiger partial charge is 0.333 e. The van der Waals surface area contributed by atoms with Crippen LogP contribution in [-0.2, 0) is 0 Å². The van der Waals surface area contributed by atoms with Gasteiger partial charge in [0.15, 0.2) is 11.6 Å². The lowest BCUT2D eigenvalue weighted by atomic mass is 10.1. The van der Waals surface area contributed by atoms with Gasteiger partial charge >= 0.3 is 0 Å². The molecule has 0 aromatic heterocycles. The standard InChI is InChI=1S/C13H14ClF2NO/c1-7(2)17(8-3-4-8)13(18)9-5-11(15)12(16)6-10(9)14/h5-8H,3-4H2,1-2H3. The molecule has 1 fully saturated rings. The van der Waals surface area contributed by atoms with E-state index in [2.05, 4.69) is 0 Å². The highest BCUT2D eigenvalue weighted by Crippen LogP contribution is 2.31. The SMILES string of the molecule is CC(C)N(C(=O)c1cc(F)c(F)cc1Cl)C1CC1. The molecule has 1 aliphatic rings. The van der Waals surface area contributed by atoms with Gasteiger partial charge in [-0.25, -0.2) is 8.78 Å². The van der Waals surface area contributed by atoms with Crippen LogP contribution in [0.1, 0.15) is 37.0 Å². The Hall–Kier alpha value is -1.16. The third kappa shape index (κ3) is 2.48. The number of carbonyl (C=O) groups excluding carboxylic acids is 1. The number of benzene rings is 1. The highest BCUT2D eigenvalue weighted by atomic mass is 35.5. The molecule has 0 aliphatic heterocycles. The molecule has 98 valence electrons. The van der Waals surface area contributed by atoms with E-state index in [4.69, 9.17) is 11.6 Å². The Morgan fingerprint density at radius 2 is 1.89 bits per heavy atom. The van der Waals surface area contributed by atoms with E-state index in [0.717, 1.165) is 25.0 Å². The highest BCUT2D eigenvalue weighted by molar-refractivity contribution is 6.33. The first-order valence-electron chi connectivity index (χ1n) is 5.89. The third-order valence-electron chi connectivity index (χ3n) is 2.97. The van der Waals surface area contributed by atoms with Crippen molar-refractivity contribution in [3.63, 3.8) is 0 Å². The van der Waals surface area contributed by atoms with Gasteiger partial charge in [0.2, 0.25) is 0 Å². The molecule has 0 saturated heterocycles. The summed E-state index contributed by atoms with van der Waals surface area (Å²) < 4.78 is 26.2. The van der Waals surface area contributed by atoms with Gasteiger partial charge in [-0.15, -0.1) is 0 Å². The summed E-state index contributed by atoms with van der Waals surface area (Å²) in [7, 11) is 0. The molecule has 1 aromatic carbocycles. The van der Waals surface area contributed by atoms with Crippen LogP contribution in [-0.4, -0.2) is 22.9 Å². The maximum atomic E-state index is 13.2. The van der Waals surface area contributed by atoms with Crippen LogP contribution in [0.15, 0.2) is 12.1 Å². The molecule has 1 aromatic rings. The fraction of sp³-hybridized carbons (Fsp3) is 0.462. The molecule has 2 rings (SSSR count). The highest BCUT2D eigenvalue weighted by Gasteiger charge is 2.35. The van der Waals surface area contributed by atoms with E-state index in [1.54, 1.807) is 4.90 Å². The molecule has 18 heavy (non-hydrogen) atoms. The Morgan fingerprint density at radius 1 is 1.33 bits per heavy atom. The molecule has 0 spiro atoms. The number of nitrogens with zero attached hydrogens (tertiary/aromatic N) is 1. The van der Waals surface area contributed by atoms with Crippen molar-refractivity contribution in [3.05, 3.63) is 34.4 Å². The van der Waals surface area contributed by atoms with E-state index in [9.17, 15) is 13.6 Å². The number of hydrogen-bond donors (Lipinski definition) is 0. The molecule has 0 atom stereocenters. The monoisotopic (exact) mass is 273 g/mol. The van der Waals surface area contributed by atoms with Crippen LogP contribution in [0.3, 0.4) is 0 Å². The van der Waals surface area contributed by atoms with E-state index in [0.29, 0.717) is 0 Å². The molecule has 0 unspecified atom stereocenters. The van der Waals surface area contributed by atoms with Crippen molar-refractivity contribution in [3.8, 4) is 0 Å². The minimum atomic E-state index is -1.05. The summed E-state index contributed by atoms with van der Waals surface area (Å²) in [4.78, 5) is 14.0. The van der Waals surface area contributed by atoms with Crippen LogP contribution in [0.5, 0.6) is 0 Å². The van der Waals surface area contributed by atoms with E-state index in [-0.39, 0.29) is 28.6 Å². The first kappa shape index (κ1) is 13.3. The molecule has 1 amide bonds. The Kier molecular flexibility index (Phi) is 3.57. The van der Waals surface area contributed by atoms with Gasteiger partial charge in [0.05, 0.1) is 10.6 Å². The summed E-state index contributed by atoms with van der Waals surface area (Å²) in [5.41, 5.74) is 0.0242. The molecule has 0 bridgehead atoms. The fourth-order valence-electron chi connectivity index (χ4n) is 2.00. The van der Waals surface area contributed by atoms with E-state index in [1.165, 1.54) is 0 Å². The van der Waals surface area contributed by atoms with Gasteiger partial charge in [-0.2, -0.15) is 0 Å². The Bertz CT molecular complexity index is 484. The van der Waals surface area contributed by atoms with Crippen LogP contribution in [0.2, 0.25) is 5.02 Å². The zero-order valence-corrected chi connectivity index (χ0v) is 11.0. The lowest BCUT2D eigenvalue weighted by Crippen LogP contribution is -2.39. The quantitative estimate of drug-likeness (QED) is 0.770. The van der Waals surface area contributed by atoms with Gasteiger partial charge in [-0.3, -0.25) is 4.79 Å². The maximum Gasteiger partial charge on any atom is 0.255 e. The first-order valence-corrected chi connectivity index (χ1v) is 6.26. The normalized spacial score (nSPS) is 15.0. The van der Waals surface area contributed by atoms with Crippen molar-refractivity contribution in [1.29, 1.82) is 0 Å². The minimum absolute atomic E-state index is 0.00850. The van der Waals surface area contributed by atoms with Crippen molar-refractivity contribution >= 4 is 17.5 Å². The lowest BCUT2D eigenvalue weighted by molar-refractivity contribution is 0.0690. The smallest absolute Gasteiger partial charge is 0.255 e. The molecule has 0 heterocycles.